The van der Waals surface area contributed by atoms with Crippen molar-refractivity contribution in [3.8, 4) is 23.0 Å². The second-order valence-corrected chi connectivity index (χ2v) is 5.81. The fourth-order valence-electron chi connectivity index (χ4n) is 2.39. The molecule has 0 fully saturated rings. The molecule has 0 saturated carbocycles. The minimum Gasteiger partial charge on any atom is -0.493 e. The molecule has 0 heterocycles. The van der Waals surface area contributed by atoms with E-state index in [2.05, 4.69) is 4.99 Å². The second kappa shape index (κ2) is 8.41. The lowest BCUT2D eigenvalue weighted by atomic mass is 10.2. The number of para-hydroxylation sites is 1. The van der Waals surface area contributed by atoms with Crippen LogP contribution >= 0.6 is 11.6 Å². The first-order valence-corrected chi connectivity index (χ1v) is 8.36. The molecule has 3 aromatic carbocycles. The first kappa shape index (κ1) is 17.8. The van der Waals surface area contributed by atoms with Gasteiger partial charge in [0.2, 0.25) is 0 Å². The van der Waals surface area contributed by atoms with Gasteiger partial charge in [-0.25, -0.2) is 0 Å². The number of ether oxygens (including phenoxy) is 3. The molecular weight excluding hydrogens is 350 g/mol. The highest BCUT2D eigenvalue weighted by atomic mass is 35.5. The van der Waals surface area contributed by atoms with Gasteiger partial charge in [0.1, 0.15) is 11.5 Å². The van der Waals surface area contributed by atoms with E-state index in [1.807, 2.05) is 60.7 Å². The monoisotopic (exact) mass is 367 g/mol. The van der Waals surface area contributed by atoms with Gasteiger partial charge in [0.25, 0.3) is 0 Å². The lowest BCUT2D eigenvalue weighted by Crippen LogP contribution is -1.93. The van der Waals surface area contributed by atoms with Crippen LogP contribution in [0, 0.1) is 0 Å². The summed E-state index contributed by atoms with van der Waals surface area (Å²) in [6.07, 6.45) is 1.72. The van der Waals surface area contributed by atoms with E-state index in [9.17, 15) is 0 Å². The quantitative estimate of drug-likeness (QED) is 0.509. The fraction of sp³-hybridized carbons (Fsp3) is 0.0952. The van der Waals surface area contributed by atoms with E-state index in [-0.39, 0.29) is 0 Å². The smallest absolute Gasteiger partial charge is 0.179 e. The zero-order valence-corrected chi connectivity index (χ0v) is 15.2. The Morgan fingerprint density at radius 2 is 1.54 bits per heavy atom. The maximum absolute atomic E-state index is 6.21. The summed E-state index contributed by atoms with van der Waals surface area (Å²) in [7, 11) is 3.12. The summed E-state index contributed by atoms with van der Waals surface area (Å²) in [5.74, 6) is 2.62. The molecule has 0 atom stereocenters. The molecule has 0 unspecified atom stereocenters. The van der Waals surface area contributed by atoms with Gasteiger partial charge in [-0.05, 0) is 54.1 Å². The van der Waals surface area contributed by atoms with Crippen LogP contribution in [0.2, 0.25) is 5.02 Å². The summed E-state index contributed by atoms with van der Waals surface area (Å²) in [5.41, 5.74) is 1.62. The third kappa shape index (κ3) is 4.35. The van der Waals surface area contributed by atoms with Gasteiger partial charge in [-0.15, -0.1) is 0 Å². The van der Waals surface area contributed by atoms with Gasteiger partial charge in [0, 0.05) is 6.21 Å². The maximum Gasteiger partial charge on any atom is 0.179 e. The third-order valence-electron chi connectivity index (χ3n) is 3.63. The van der Waals surface area contributed by atoms with Crippen LogP contribution in [0.3, 0.4) is 0 Å². The van der Waals surface area contributed by atoms with Crippen LogP contribution in [0.25, 0.3) is 0 Å². The van der Waals surface area contributed by atoms with Gasteiger partial charge < -0.3 is 14.2 Å². The highest BCUT2D eigenvalue weighted by Gasteiger charge is 2.09. The summed E-state index contributed by atoms with van der Waals surface area (Å²) in [6, 6.07) is 20.8. The Balaban J connectivity index is 1.74. The summed E-state index contributed by atoms with van der Waals surface area (Å²) in [4.78, 5) is 4.46. The number of rotatable bonds is 6. The molecule has 4 nitrogen and oxygen atoms in total. The number of hydrogen-bond donors (Lipinski definition) is 0. The molecule has 0 aromatic heterocycles. The number of halogens is 1. The van der Waals surface area contributed by atoms with E-state index >= 15 is 0 Å². The van der Waals surface area contributed by atoms with E-state index in [4.69, 9.17) is 25.8 Å². The van der Waals surface area contributed by atoms with E-state index < -0.39 is 0 Å². The molecule has 0 amide bonds. The largest absolute Gasteiger partial charge is 0.493 e. The van der Waals surface area contributed by atoms with Crippen molar-refractivity contribution in [2.45, 2.75) is 0 Å². The highest BCUT2D eigenvalue weighted by Crippen LogP contribution is 2.35. The molecule has 3 aromatic rings. The number of methoxy groups -OCH3 is 2. The molecule has 0 spiro atoms. The van der Waals surface area contributed by atoms with Crippen molar-refractivity contribution >= 4 is 23.5 Å². The summed E-state index contributed by atoms with van der Waals surface area (Å²) < 4.78 is 16.3. The Labute approximate surface area is 157 Å². The van der Waals surface area contributed by atoms with Crippen LogP contribution in [-0.2, 0) is 0 Å². The molecule has 3 rings (SSSR count). The number of aliphatic imine (C=N–C) groups is 1. The van der Waals surface area contributed by atoms with Gasteiger partial charge in [-0.2, -0.15) is 0 Å². The van der Waals surface area contributed by atoms with Crippen molar-refractivity contribution in [3.05, 3.63) is 77.3 Å². The van der Waals surface area contributed by atoms with E-state index in [1.165, 1.54) is 0 Å². The summed E-state index contributed by atoms with van der Waals surface area (Å²) >= 11 is 6.21. The average Bonchev–Trinajstić information content (AvgIpc) is 2.67. The van der Waals surface area contributed by atoms with Crippen LogP contribution < -0.4 is 14.2 Å². The van der Waals surface area contributed by atoms with Crippen LogP contribution in [0.15, 0.2) is 71.7 Å². The van der Waals surface area contributed by atoms with E-state index in [0.717, 1.165) is 22.7 Å². The van der Waals surface area contributed by atoms with E-state index in [0.29, 0.717) is 16.5 Å². The fourth-order valence-corrected chi connectivity index (χ4v) is 2.68. The van der Waals surface area contributed by atoms with Crippen molar-refractivity contribution in [3.63, 3.8) is 0 Å². The van der Waals surface area contributed by atoms with Crippen molar-refractivity contribution in [1.82, 2.24) is 0 Å². The molecule has 26 heavy (non-hydrogen) atoms. The van der Waals surface area contributed by atoms with Gasteiger partial charge in [-0.3, -0.25) is 4.99 Å². The standard InChI is InChI=1S/C21H18ClNO3/c1-24-20-13-15(12-19(22)21(20)25-2)14-23-16-8-10-18(11-9-16)26-17-6-4-3-5-7-17/h3-14H,1-2H3. The van der Waals surface area contributed by atoms with Gasteiger partial charge in [0.05, 0.1) is 24.9 Å². The topological polar surface area (TPSA) is 40.0 Å². The minimum absolute atomic E-state index is 0.472. The van der Waals surface area contributed by atoms with Crippen LogP contribution in [0.4, 0.5) is 5.69 Å². The molecule has 132 valence electrons. The SMILES string of the molecule is COc1cc(C=Nc2ccc(Oc3ccccc3)cc2)cc(Cl)c1OC. The van der Waals surface area contributed by atoms with Crippen LogP contribution in [0.1, 0.15) is 5.56 Å². The Hall–Kier alpha value is -2.98. The first-order valence-electron chi connectivity index (χ1n) is 7.98. The van der Waals surface area contributed by atoms with E-state index in [1.54, 1.807) is 26.5 Å². The molecule has 0 bridgehead atoms. The first-order chi connectivity index (χ1) is 12.7. The lowest BCUT2D eigenvalue weighted by Gasteiger charge is -2.10. The summed E-state index contributed by atoms with van der Waals surface area (Å²) in [5, 5.41) is 0.472. The van der Waals surface area contributed by atoms with Crippen molar-refractivity contribution < 1.29 is 14.2 Å². The predicted octanol–water partition coefficient (Wildman–Crippen LogP) is 5.90. The number of hydrogen-bond acceptors (Lipinski definition) is 4. The lowest BCUT2D eigenvalue weighted by molar-refractivity contribution is 0.355. The molecule has 0 aliphatic heterocycles. The van der Waals surface area contributed by atoms with Crippen LogP contribution in [0.5, 0.6) is 23.0 Å². The normalized spacial score (nSPS) is 10.7. The highest BCUT2D eigenvalue weighted by molar-refractivity contribution is 6.32. The Morgan fingerprint density at radius 1 is 0.846 bits per heavy atom. The molecule has 0 aliphatic carbocycles. The average molecular weight is 368 g/mol. The Bertz CT molecular complexity index is 893. The third-order valence-corrected chi connectivity index (χ3v) is 3.91. The Morgan fingerprint density at radius 3 is 2.19 bits per heavy atom. The minimum atomic E-state index is 0.472. The van der Waals surface area contributed by atoms with Gasteiger partial charge >= 0.3 is 0 Å². The van der Waals surface area contributed by atoms with Crippen LogP contribution in [-0.4, -0.2) is 20.4 Å². The molecule has 0 radical (unpaired) electrons. The zero-order valence-electron chi connectivity index (χ0n) is 14.5. The predicted molar refractivity (Wildman–Crippen MR) is 105 cm³/mol. The second-order valence-electron chi connectivity index (χ2n) is 5.41. The molecule has 0 saturated heterocycles. The number of nitrogens with zero attached hydrogens (tertiary/aromatic N) is 1. The molecule has 0 aliphatic rings. The molecule has 0 N–H and O–H groups in total. The molecular formula is C21H18ClNO3. The summed E-state index contributed by atoms with van der Waals surface area (Å²) in [6.45, 7) is 0. The van der Waals surface area contributed by atoms with Crippen molar-refractivity contribution in [2.75, 3.05) is 14.2 Å². The van der Waals surface area contributed by atoms with Crippen molar-refractivity contribution in [2.24, 2.45) is 4.99 Å². The Kier molecular flexibility index (Phi) is 5.77. The zero-order chi connectivity index (χ0) is 18.4. The number of benzene rings is 3. The maximum atomic E-state index is 6.21. The van der Waals surface area contributed by atoms with Gasteiger partial charge in [0.15, 0.2) is 11.5 Å². The van der Waals surface area contributed by atoms with Gasteiger partial charge in [-0.1, -0.05) is 29.8 Å². The molecule has 5 heteroatoms. The van der Waals surface area contributed by atoms with Crippen molar-refractivity contribution in [1.29, 1.82) is 0 Å².